The van der Waals surface area contributed by atoms with Crippen LogP contribution in [0.3, 0.4) is 0 Å². The topological polar surface area (TPSA) is 29.1 Å². The van der Waals surface area contributed by atoms with E-state index in [0.29, 0.717) is 16.8 Å². The van der Waals surface area contributed by atoms with E-state index in [1.807, 2.05) is 6.92 Å². The van der Waals surface area contributed by atoms with Crippen molar-refractivity contribution >= 4 is 21.8 Å². The quantitative estimate of drug-likeness (QED) is 0.788. The Kier molecular flexibility index (Phi) is 5.10. The zero-order valence-electron chi connectivity index (χ0n) is 9.92. The molecule has 1 atom stereocenters. The van der Waals surface area contributed by atoms with Crippen molar-refractivity contribution in [1.29, 1.82) is 0 Å². The minimum absolute atomic E-state index is 0.131. The highest BCUT2D eigenvalue weighted by Gasteiger charge is 2.23. The van der Waals surface area contributed by atoms with E-state index in [9.17, 15) is 4.79 Å². The zero-order valence-corrected chi connectivity index (χ0v) is 11.5. The van der Waals surface area contributed by atoms with Crippen LogP contribution in [0.15, 0.2) is 0 Å². The molecule has 0 aromatic carbocycles. The molecule has 0 bridgehead atoms. The summed E-state index contributed by atoms with van der Waals surface area (Å²) in [6.45, 7) is 6.20. The number of rotatable bonds is 3. The average molecular weight is 276 g/mol. The maximum Gasteiger partial charge on any atom is 0.223 e. The Balaban J connectivity index is 2.32. The molecule has 0 aromatic heterocycles. The Morgan fingerprint density at radius 3 is 2.20 bits per heavy atom. The second-order valence-corrected chi connectivity index (χ2v) is 6.29. The number of hydrogen-bond donors (Lipinski definition) is 1. The largest absolute Gasteiger partial charge is 0.353 e. The van der Waals surface area contributed by atoms with Crippen LogP contribution in [0.5, 0.6) is 0 Å². The van der Waals surface area contributed by atoms with Crippen LogP contribution in [-0.4, -0.2) is 16.8 Å². The summed E-state index contributed by atoms with van der Waals surface area (Å²) in [7, 11) is 0. The number of carbonyl (C=O) groups excluding carboxylic acids is 1. The van der Waals surface area contributed by atoms with Crippen LogP contribution < -0.4 is 5.32 Å². The Labute approximate surface area is 101 Å². The van der Waals surface area contributed by atoms with Gasteiger partial charge in [-0.3, -0.25) is 4.79 Å². The fraction of sp³-hybridized carbons (Fsp3) is 0.917. The second kappa shape index (κ2) is 5.88. The predicted octanol–water partition coefficient (Wildman–Crippen LogP) is 3.10. The third kappa shape index (κ3) is 4.13. The van der Waals surface area contributed by atoms with Crippen molar-refractivity contribution in [3.8, 4) is 0 Å². The highest BCUT2D eigenvalue weighted by Crippen LogP contribution is 2.24. The van der Waals surface area contributed by atoms with Crippen molar-refractivity contribution < 1.29 is 4.79 Å². The lowest BCUT2D eigenvalue weighted by Gasteiger charge is -2.27. The van der Waals surface area contributed by atoms with Gasteiger partial charge in [0.2, 0.25) is 5.91 Å². The Morgan fingerprint density at radius 2 is 1.73 bits per heavy atom. The first-order chi connectivity index (χ1) is 7.00. The van der Waals surface area contributed by atoms with Gasteiger partial charge in [-0.25, -0.2) is 0 Å². The van der Waals surface area contributed by atoms with E-state index in [1.54, 1.807) is 0 Å². The number of alkyl halides is 1. The smallest absolute Gasteiger partial charge is 0.223 e. The average Bonchev–Trinajstić information content (AvgIpc) is 2.20. The molecule has 1 aliphatic carbocycles. The third-order valence-corrected chi connectivity index (χ3v) is 4.33. The highest BCUT2D eigenvalue weighted by atomic mass is 79.9. The van der Waals surface area contributed by atoms with Crippen molar-refractivity contribution in [2.45, 2.75) is 57.3 Å². The van der Waals surface area contributed by atoms with Crippen molar-refractivity contribution in [2.24, 2.45) is 11.8 Å². The number of carbonyl (C=O) groups is 1. The van der Waals surface area contributed by atoms with Gasteiger partial charge in [0, 0.05) is 16.8 Å². The summed E-state index contributed by atoms with van der Waals surface area (Å²) in [6.07, 6.45) is 4.60. The van der Waals surface area contributed by atoms with Gasteiger partial charge >= 0.3 is 0 Å². The molecule has 0 aromatic rings. The van der Waals surface area contributed by atoms with Gasteiger partial charge in [-0.05, 0) is 31.6 Å². The lowest BCUT2D eigenvalue weighted by molar-refractivity contribution is -0.126. The van der Waals surface area contributed by atoms with Gasteiger partial charge in [0.15, 0.2) is 0 Å². The molecule has 1 N–H and O–H groups in total. The van der Waals surface area contributed by atoms with Gasteiger partial charge in [0.05, 0.1) is 0 Å². The third-order valence-electron chi connectivity index (χ3n) is 3.42. The molecule has 0 heterocycles. The highest BCUT2D eigenvalue weighted by molar-refractivity contribution is 9.09. The minimum atomic E-state index is 0.131. The van der Waals surface area contributed by atoms with Gasteiger partial charge in [0.1, 0.15) is 0 Å². The van der Waals surface area contributed by atoms with Gasteiger partial charge in [0.25, 0.3) is 0 Å². The normalized spacial score (nSPS) is 28.9. The maximum atomic E-state index is 11.8. The van der Waals surface area contributed by atoms with Gasteiger partial charge in [-0.15, -0.1) is 0 Å². The fourth-order valence-corrected chi connectivity index (χ4v) is 2.36. The Bertz CT molecular complexity index is 210. The first-order valence-corrected chi connectivity index (χ1v) is 6.86. The molecular weight excluding hydrogens is 254 g/mol. The summed E-state index contributed by atoms with van der Waals surface area (Å²) < 4.78 is 0. The summed E-state index contributed by atoms with van der Waals surface area (Å²) >= 11 is 3.62. The van der Waals surface area contributed by atoms with E-state index in [2.05, 4.69) is 35.1 Å². The second-order valence-electron chi connectivity index (χ2n) is 4.99. The standard InChI is InChI=1S/C12H22BrNO/c1-8(2)9(3)12(15)14-11-6-4-10(13)5-7-11/h8-11H,4-7H2,1-3H3,(H,14,15). The molecule has 0 radical (unpaired) electrons. The van der Waals surface area contributed by atoms with E-state index in [1.165, 1.54) is 12.8 Å². The van der Waals surface area contributed by atoms with Gasteiger partial charge < -0.3 is 5.32 Å². The van der Waals surface area contributed by atoms with Gasteiger partial charge in [-0.1, -0.05) is 36.7 Å². The molecule has 15 heavy (non-hydrogen) atoms. The fourth-order valence-electron chi connectivity index (χ4n) is 1.83. The molecule has 1 unspecified atom stereocenters. The minimum Gasteiger partial charge on any atom is -0.353 e. The van der Waals surface area contributed by atoms with Crippen LogP contribution in [-0.2, 0) is 4.79 Å². The molecule has 1 fully saturated rings. The summed E-state index contributed by atoms with van der Waals surface area (Å²) in [5, 5.41) is 3.16. The molecule has 0 spiro atoms. The van der Waals surface area contributed by atoms with E-state index in [0.717, 1.165) is 12.8 Å². The van der Waals surface area contributed by atoms with Crippen molar-refractivity contribution in [1.82, 2.24) is 5.32 Å². The van der Waals surface area contributed by atoms with E-state index >= 15 is 0 Å². The SMILES string of the molecule is CC(C)C(C)C(=O)NC1CCC(Br)CC1. The molecule has 1 saturated carbocycles. The summed E-state index contributed by atoms with van der Waals surface area (Å²) in [5.41, 5.74) is 0. The maximum absolute atomic E-state index is 11.8. The van der Waals surface area contributed by atoms with E-state index < -0.39 is 0 Å². The van der Waals surface area contributed by atoms with Crippen LogP contribution in [0.25, 0.3) is 0 Å². The Hall–Kier alpha value is -0.0500. The van der Waals surface area contributed by atoms with Crippen molar-refractivity contribution in [3.05, 3.63) is 0 Å². The van der Waals surface area contributed by atoms with Crippen molar-refractivity contribution in [3.63, 3.8) is 0 Å². The first kappa shape index (κ1) is 13.0. The van der Waals surface area contributed by atoms with Crippen LogP contribution in [0.4, 0.5) is 0 Å². The lowest BCUT2D eigenvalue weighted by Crippen LogP contribution is -2.41. The number of nitrogens with one attached hydrogen (secondary N) is 1. The molecular formula is C12H22BrNO. The van der Waals surface area contributed by atoms with Crippen LogP contribution in [0, 0.1) is 11.8 Å². The van der Waals surface area contributed by atoms with Crippen molar-refractivity contribution in [2.75, 3.05) is 0 Å². The van der Waals surface area contributed by atoms with Crippen LogP contribution >= 0.6 is 15.9 Å². The molecule has 0 saturated heterocycles. The Morgan fingerprint density at radius 1 is 1.20 bits per heavy atom. The number of halogens is 1. The van der Waals surface area contributed by atoms with E-state index in [4.69, 9.17) is 0 Å². The first-order valence-electron chi connectivity index (χ1n) is 5.95. The summed E-state index contributed by atoms with van der Waals surface area (Å²) in [4.78, 5) is 12.5. The van der Waals surface area contributed by atoms with E-state index in [-0.39, 0.29) is 11.8 Å². The molecule has 0 aliphatic heterocycles. The molecule has 1 aliphatic rings. The summed E-state index contributed by atoms with van der Waals surface area (Å²) in [6, 6.07) is 0.410. The molecule has 1 amide bonds. The van der Waals surface area contributed by atoms with Gasteiger partial charge in [-0.2, -0.15) is 0 Å². The molecule has 88 valence electrons. The summed E-state index contributed by atoms with van der Waals surface area (Å²) in [5.74, 6) is 0.784. The number of amides is 1. The monoisotopic (exact) mass is 275 g/mol. The molecule has 1 rings (SSSR count). The number of hydrogen-bond acceptors (Lipinski definition) is 1. The zero-order chi connectivity index (χ0) is 11.4. The van der Waals surface area contributed by atoms with Crippen LogP contribution in [0.2, 0.25) is 0 Å². The predicted molar refractivity (Wildman–Crippen MR) is 67.1 cm³/mol. The van der Waals surface area contributed by atoms with Crippen LogP contribution in [0.1, 0.15) is 46.5 Å². The lowest BCUT2D eigenvalue weighted by atomic mass is 9.93. The molecule has 3 heteroatoms. The molecule has 2 nitrogen and oxygen atoms in total.